The molecule has 1 aromatic carbocycles. The molecule has 1 aliphatic rings. The maximum absolute atomic E-state index is 12.5. The number of nitrogens with zero attached hydrogens (tertiary/aromatic N) is 1. The van der Waals surface area contributed by atoms with E-state index in [0.717, 1.165) is 16.7 Å². The van der Waals surface area contributed by atoms with Gasteiger partial charge in [-0.1, -0.05) is 0 Å². The van der Waals surface area contributed by atoms with E-state index in [4.69, 9.17) is 10.5 Å². The minimum absolute atomic E-state index is 0.0508. The van der Waals surface area contributed by atoms with Crippen molar-refractivity contribution in [2.24, 2.45) is 0 Å². The molecule has 2 heterocycles. The fraction of sp³-hybridized carbons (Fsp3) is 0.133. The highest BCUT2D eigenvalue weighted by Crippen LogP contribution is 2.31. The van der Waals surface area contributed by atoms with Gasteiger partial charge in [-0.2, -0.15) is 8.42 Å². The number of ether oxygens (including phenoxy) is 1. The number of fused-ring (bicyclic) bond motifs is 1. The number of methoxy groups -OCH3 is 1. The Balaban J connectivity index is 2.38. The van der Waals surface area contributed by atoms with Crippen molar-refractivity contribution in [2.45, 2.75) is 11.8 Å². The normalized spacial score (nSPS) is 13.5. The number of rotatable bonds is 3. The molecular weight excluding hydrogens is 366 g/mol. The van der Waals surface area contributed by atoms with Crippen LogP contribution in [-0.4, -0.2) is 36.5 Å². The summed E-state index contributed by atoms with van der Waals surface area (Å²) in [4.78, 5) is 35.7. The summed E-state index contributed by atoms with van der Waals surface area (Å²) in [5.74, 6) is -1.86. The predicted octanol–water partition coefficient (Wildman–Crippen LogP) is -0.133. The quantitative estimate of drug-likeness (QED) is 0.491. The second-order valence-corrected chi connectivity index (χ2v) is 6.93. The number of hydrogen-bond donors (Lipinski definition) is 3. The first kappa shape index (κ1) is 17.6. The average molecular weight is 379 g/mol. The number of benzene rings is 1. The third kappa shape index (κ3) is 2.53. The van der Waals surface area contributed by atoms with Crippen molar-refractivity contribution in [1.82, 2.24) is 9.88 Å². The SMILES string of the molecule is COc1cc(S(=O)(=O)O)c(C)cc1-n1c(N)c2c(cc1=O)C(=O)NC2=O. The molecule has 4 N–H and O–H groups in total. The van der Waals surface area contributed by atoms with Crippen LogP contribution in [0.15, 0.2) is 27.9 Å². The van der Waals surface area contributed by atoms with Crippen LogP contribution in [0.3, 0.4) is 0 Å². The Morgan fingerprint density at radius 1 is 1.15 bits per heavy atom. The highest BCUT2D eigenvalue weighted by atomic mass is 32.2. The Kier molecular flexibility index (Phi) is 3.85. The van der Waals surface area contributed by atoms with Crippen LogP contribution in [0.25, 0.3) is 5.69 Å². The van der Waals surface area contributed by atoms with E-state index in [1.54, 1.807) is 0 Å². The maximum Gasteiger partial charge on any atom is 0.294 e. The average Bonchev–Trinajstić information content (AvgIpc) is 2.80. The first-order valence-electron chi connectivity index (χ1n) is 7.14. The third-order valence-electron chi connectivity index (χ3n) is 3.95. The van der Waals surface area contributed by atoms with E-state index in [1.165, 1.54) is 20.1 Å². The maximum atomic E-state index is 12.5. The molecule has 26 heavy (non-hydrogen) atoms. The summed E-state index contributed by atoms with van der Waals surface area (Å²) in [5, 5.41) is 2.04. The van der Waals surface area contributed by atoms with Crippen molar-refractivity contribution >= 4 is 27.8 Å². The summed E-state index contributed by atoms with van der Waals surface area (Å²) < 4.78 is 38.2. The van der Waals surface area contributed by atoms with Gasteiger partial charge in [-0.25, -0.2) is 0 Å². The Morgan fingerprint density at radius 2 is 1.81 bits per heavy atom. The molecule has 0 bridgehead atoms. The lowest BCUT2D eigenvalue weighted by atomic mass is 10.1. The van der Waals surface area contributed by atoms with Gasteiger partial charge in [0, 0.05) is 12.1 Å². The molecule has 2 amide bonds. The fourth-order valence-electron chi connectivity index (χ4n) is 2.80. The zero-order chi connectivity index (χ0) is 19.4. The Hall–Kier alpha value is -3.18. The van der Waals surface area contributed by atoms with Crippen LogP contribution in [0, 0.1) is 6.92 Å². The molecule has 1 aromatic heterocycles. The first-order chi connectivity index (χ1) is 12.1. The number of nitrogens with two attached hydrogens (primary N) is 1. The fourth-order valence-corrected chi connectivity index (χ4v) is 3.52. The van der Waals surface area contributed by atoms with Gasteiger partial charge in [0.15, 0.2) is 0 Å². The second kappa shape index (κ2) is 5.68. The topological polar surface area (TPSA) is 158 Å². The van der Waals surface area contributed by atoms with Gasteiger partial charge in [0.05, 0.1) is 23.9 Å². The number of aromatic nitrogens is 1. The number of pyridine rings is 1. The molecule has 11 heteroatoms. The van der Waals surface area contributed by atoms with Gasteiger partial charge in [-0.3, -0.25) is 28.8 Å². The van der Waals surface area contributed by atoms with Gasteiger partial charge in [-0.15, -0.1) is 0 Å². The van der Waals surface area contributed by atoms with Gasteiger partial charge in [0.2, 0.25) is 0 Å². The molecular formula is C15H13N3O7S. The Bertz CT molecular complexity index is 1150. The van der Waals surface area contributed by atoms with Crippen molar-refractivity contribution in [3.63, 3.8) is 0 Å². The Morgan fingerprint density at radius 3 is 2.38 bits per heavy atom. The standard InChI is InChI=1S/C15H13N3O7S/c1-6-3-8(9(25-2)5-10(6)26(22,23)24)18-11(19)4-7-12(13(18)16)15(21)17-14(7)20/h3-5H,16H2,1-2H3,(H,17,20,21)(H,22,23,24). The summed E-state index contributed by atoms with van der Waals surface area (Å²) in [5.41, 5.74) is 5.10. The van der Waals surface area contributed by atoms with Crippen LogP contribution in [0.5, 0.6) is 5.75 Å². The van der Waals surface area contributed by atoms with Crippen LogP contribution in [0.4, 0.5) is 5.82 Å². The molecule has 3 rings (SSSR count). The predicted molar refractivity (Wildman–Crippen MR) is 89.4 cm³/mol. The van der Waals surface area contributed by atoms with Gasteiger partial charge in [0.1, 0.15) is 16.5 Å². The monoisotopic (exact) mass is 379 g/mol. The molecule has 0 atom stereocenters. The van der Waals surface area contributed by atoms with Crippen molar-refractivity contribution in [1.29, 1.82) is 0 Å². The molecule has 1 aliphatic heterocycles. The van der Waals surface area contributed by atoms with Crippen LogP contribution >= 0.6 is 0 Å². The zero-order valence-electron chi connectivity index (χ0n) is 13.6. The van der Waals surface area contributed by atoms with Crippen LogP contribution < -0.4 is 21.3 Å². The number of hydrogen-bond acceptors (Lipinski definition) is 7. The summed E-state index contributed by atoms with van der Waals surface area (Å²) in [6.45, 7) is 1.40. The van der Waals surface area contributed by atoms with E-state index < -0.39 is 32.4 Å². The van der Waals surface area contributed by atoms with Crippen LogP contribution in [-0.2, 0) is 10.1 Å². The highest BCUT2D eigenvalue weighted by molar-refractivity contribution is 7.85. The highest BCUT2D eigenvalue weighted by Gasteiger charge is 2.32. The van der Waals surface area contributed by atoms with Crippen molar-refractivity contribution < 1.29 is 27.3 Å². The minimum atomic E-state index is -4.52. The van der Waals surface area contributed by atoms with Crippen molar-refractivity contribution in [3.05, 3.63) is 45.2 Å². The molecule has 0 aliphatic carbocycles. The molecule has 2 aromatic rings. The summed E-state index contributed by atoms with van der Waals surface area (Å²) in [7, 11) is -3.29. The number of aryl methyl sites for hydroxylation is 1. The van der Waals surface area contributed by atoms with E-state index in [2.05, 4.69) is 0 Å². The summed E-state index contributed by atoms with van der Waals surface area (Å²) >= 11 is 0. The lowest BCUT2D eigenvalue weighted by Gasteiger charge is -2.17. The smallest absolute Gasteiger partial charge is 0.294 e. The summed E-state index contributed by atoms with van der Waals surface area (Å²) in [6, 6.07) is 3.25. The molecule has 0 saturated carbocycles. The lowest BCUT2D eigenvalue weighted by Crippen LogP contribution is -2.24. The van der Waals surface area contributed by atoms with E-state index >= 15 is 0 Å². The van der Waals surface area contributed by atoms with Gasteiger partial charge >= 0.3 is 0 Å². The molecule has 0 fully saturated rings. The molecule has 0 unspecified atom stereocenters. The van der Waals surface area contributed by atoms with E-state index in [1.807, 2.05) is 5.32 Å². The van der Waals surface area contributed by atoms with Gasteiger partial charge < -0.3 is 10.5 Å². The number of amides is 2. The van der Waals surface area contributed by atoms with E-state index in [9.17, 15) is 27.4 Å². The minimum Gasteiger partial charge on any atom is -0.495 e. The van der Waals surface area contributed by atoms with Crippen LogP contribution in [0.2, 0.25) is 0 Å². The number of nitrogen functional groups attached to an aromatic ring is 1. The molecule has 0 saturated heterocycles. The van der Waals surface area contributed by atoms with E-state index in [-0.39, 0.29) is 33.9 Å². The zero-order valence-corrected chi connectivity index (χ0v) is 14.4. The van der Waals surface area contributed by atoms with Gasteiger partial charge in [-0.05, 0) is 18.6 Å². The largest absolute Gasteiger partial charge is 0.495 e. The number of carbonyl (C=O) groups is 2. The molecule has 0 radical (unpaired) electrons. The second-order valence-electron chi connectivity index (χ2n) is 5.54. The van der Waals surface area contributed by atoms with E-state index in [0.29, 0.717) is 0 Å². The lowest BCUT2D eigenvalue weighted by molar-refractivity contribution is 0.0880. The third-order valence-corrected chi connectivity index (χ3v) is 4.94. The summed E-state index contributed by atoms with van der Waals surface area (Å²) in [6.07, 6.45) is 0. The first-order valence-corrected chi connectivity index (χ1v) is 8.58. The van der Waals surface area contributed by atoms with Crippen molar-refractivity contribution in [3.8, 4) is 11.4 Å². The number of nitrogens with one attached hydrogen (secondary N) is 1. The molecule has 0 spiro atoms. The van der Waals surface area contributed by atoms with Crippen LogP contribution in [0.1, 0.15) is 26.3 Å². The van der Waals surface area contributed by atoms with Crippen molar-refractivity contribution in [2.75, 3.05) is 12.8 Å². The number of anilines is 1. The van der Waals surface area contributed by atoms with Gasteiger partial charge in [0.25, 0.3) is 27.5 Å². The molecule has 136 valence electrons. The number of carbonyl (C=O) groups excluding carboxylic acids is 2. The number of imide groups is 1. The Labute approximate surface area is 146 Å². The molecule has 10 nitrogen and oxygen atoms in total.